The van der Waals surface area contributed by atoms with Crippen LogP contribution in [0.2, 0.25) is 0 Å². The molecule has 0 saturated carbocycles. The van der Waals surface area contributed by atoms with Gasteiger partial charge >= 0.3 is 0 Å². The van der Waals surface area contributed by atoms with Crippen LogP contribution in [-0.4, -0.2) is 24.1 Å². The lowest BCUT2D eigenvalue weighted by Gasteiger charge is -2.24. The van der Waals surface area contributed by atoms with E-state index in [0.29, 0.717) is 6.79 Å². The van der Waals surface area contributed by atoms with E-state index in [4.69, 9.17) is 14.5 Å². The second-order valence-electron chi connectivity index (χ2n) is 4.39. The van der Waals surface area contributed by atoms with Gasteiger partial charge in [-0.15, -0.1) is 0 Å². The fourth-order valence-electron chi connectivity index (χ4n) is 2.56. The van der Waals surface area contributed by atoms with Gasteiger partial charge in [0.1, 0.15) is 5.84 Å². The zero-order chi connectivity index (χ0) is 10.5. The Hall–Kier alpha value is -1.71. The molecule has 4 heteroatoms. The van der Waals surface area contributed by atoms with Crippen molar-refractivity contribution < 1.29 is 9.47 Å². The lowest BCUT2D eigenvalue weighted by molar-refractivity contribution is 0.174. The average molecular weight is 216 g/mol. The highest BCUT2D eigenvalue weighted by Gasteiger charge is 2.26. The van der Waals surface area contributed by atoms with Crippen LogP contribution in [0.4, 0.5) is 5.69 Å². The molecule has 16 heavy (non-hydrogen) atoms. The van der Waals surface area contributed by atoms with E-state index >= 15 is 0 Å². The summed E-state index contributed by atoms with van der Waals surface area (Å²) >= 11 is 0. The first-order valence-corrected chi connectivity index (χ1v) is 5.65. The second-order valence-corrected chi connectivity index (χ2v) is 4.39. The number of amidine groups is 1. The Bertz CT molecular complexity index is 496. The van der Waals surface area contributed by atoms with Crippen molar-refractivity contribution in [2.45, 2.75) is 19.4 Å². The van der Waals surface area contributed by atoms with Crippen LogP contribution in [0.25, 0.3) is 0 Å². The van der Waals surface area contributed by atoms with Crippen LogP contribution in [0.1, 0.15) is 18.4 Å². The van der Waals surface area contributed by atoms with Crippen molar-refractivity contribution in [3.63, 3.8) is 0 Å². The summed E-state index contributed by atoms with van der Waals surface area (Å²) < 4.78 is 10.8. The van der Waals surface area contributed by atoms with E-state index in [9.17, 15) is 0 Å². The third-order valence-corrected chi connectivity index (χ3v) is 3.38. The third kappa shape index (κ3) is 1.07. The van der Waals surface area contributed by atoms with Crippen molar-refractivity contribution >= 4 is 11.5 Å². The number of fused-ring (bicyclic) bond motifs is 3. The second kappa shape index (κ2) is 2.90. The van der Waals surface area contributed by atoms with E-state index in [-0.39, 0.29) is 0 Å². The first-order chi connectivity index (χ1) is 7.90. The van der Waals surface area contributed by atoms with Gasteiger partial charge in [-0.2, -0.15) is 0 Å². The topological polar surface area (TPSA) is 34.1 Å². The summed E-state index contributed by atoms with van der Waals surface area (Å²) in [5.74, 6) is 2.91. The molecular formula is C12H12N2O2. The van der Waals surface area contributed by atoms with E-state index in [1.807, 2.05) is 6.07 Å². The van der Waals surface area contributed by atoms with Crippen molar-refractivity contribution in [2.24, 2.45) is 4.99 Å². The van der Waals surface area contributed by atoms with E-state index in [1.54, 1.807) is 0 Å². The zero-order valence-corrected chi connectivity index (χ0v) is 8.90. The highest BCUT2D eigenvalue weighted by molar-refractivity contribution is 5.88. The predicted octanol–water partition coefficient (Wildman–Crippen LogP) is 2.05. The van der Waals surface area contributed by atoms with E-state index < -0.39 is 0 Å². The number of rotatable bonds is 0. The van der Waals surface area contributed by atoms with Gasteiger partial charge in [0.05, 0.1) is 5.69 Å². The molecule has 1 saturated heterocycles. The normalized spacial score (nSPS) is 20.5. The minimum atomic E-state index is 0.332. The Labute approximate surface area is 93.5 Å². The van der Waals surface area contributed by atoms with E-state index in [1.165, 1.54) is 17.8 Å². The van der Waals surface area contributed by atoms with Crippen LogP contribution in [0, 0.1) is 0 Å². The summed E-state index contributed by atoms with van der Waals surface area (Å²) in [5, 5.41) is 0. The highest BCUT2D eigenvalue weighted by atomic mass is 16.7. The summed E-state index contributed by atoms with van der Waals surface area (Å²) in [6.45, 7) is 2.43. The third-order valence-electron chi connectivity index (χ3n) is 3.38. The number of hydrogen-bond donors (Lipinski definition) is 0. The van der Waals surface area contributed by atoms with Crippen LogP contribution in [0.5, 0.6) is 11.5 Å². The van der Waals surface area contributed by atoms with Crippen LogP contribution in [-0.2, 0) is 6.54 Å². The molecule has 3 aliphatic rings. The van der Waals surface area contributed by atoms with E-state index in [0.717, 1.165) is 36.7 Å². The number of nitrogens with zero attached hydrogens (tertiary/aromatic N) is 2. The fraction of sp³-hybridized carbons (Fsp3) is 0.417. The average Bonchev–Trinajstić information content (AvgIpc) is 2.89. The summed E-state index contributed by atoms with van der Waals surface area (Å²) in [7, 11) is 0. The molecule has 3 aliphatic heterocycles. The van der Waals surface area contributed by atoms with Gasteiger partial charge in [-0.25, -0.2) is 4.99 Å². The van der Waals surface area contributed by atoms with Crippen molar-refractivity contribution in [1.29, 1.82) is 0 Å². The van der Waals surface area contributed by atoms with Gasteiger partial charge in [0, 0.05) is 31.1 Å². The van der Waals surface area contributed by atoms with E-state index in [2.05, 4.69) is 11.0 Å². The molecular weight excluding hydrogens is 204 g/mol. The summed E-state index contributed by atoms with van der Waals surface area (Å²) in [6, 6.07) is 4.07. The van der Waals surface area contributed by atoms with Crippen LogP contribution < -0.4 is 9.47 Å². The molecule has 0 bridgehead atoms. The zero-order valence-electron chi connectivity index (χ0n) is 8.90. The lowest BCUT2D eigenvalue weighted by atomic mass is 10.1. The monoisotopic (exact) mass is 216 g/mol. The quantitative estimate of drug-likeness (QED) is 0.665. The molecule has 0 aliphatic carbocycles. The molecule has 0 atom stereocenters. The number of aliphatic imine (C=N–C) groups is 1. The van der Waals surface area contributed by atoms with Crippen LogP contribution in [0.15, 0.2) is 17.1 Å². The number of hydrogen-bond acceptors (Lipinski definition) is 4. The molecule has 1 fully saturated rings. The highest BCUT2D eigenvalue weighted by Crippen LogP contribution is 2.41. The first kappa shape index (κ1) is 8.44. The van der Waals surface area contributed by atoms with Gasteiger partial charge in [-0.05, 0) is 12.5 Å². The van der Waals surface area contributed by atoms with Crippen molar-refractivity contribution in [2.75, 3.05) is 13.3 Å². The summed E-state index contributed by atoms with van der Waals surface area (Å²) in [5.41, 5.74) is 2.30. The smallest absolute Gasteiger partial charge is 0.231 e. The Balaban J connectivity index is 1.85. The van der Waals surface area contributed by atoms with Crippen LogP contribution in [0.3, 0.4) is 0 Å². The Morgan fingerprint density at radius 2 is 2.06 bits per heavy atom. The maximum atomic E-state index is 5.39. The van der Waals surface area contributed by atoms with Crippen molar-refractivity contribution in [3.8, 4) is 11.5 Å². The molecule has 1 aromatic rings. The van der Waals surface area contributed by atoms with Gasteiger partial charge in [0.2, 0.25) is 6.79 Å². The van der Waals surface area contributed by atoms with Gasteiger partial charge < -0.3 is 14.4 Å². The Morgan fingerprint density at radius 3 is 3.00 bits per heavy atom. The van der Waals surface area contributed by atoms with Crippen molar-refractivity contribution in [1.82, 2.24) is 4.90 Å². The fourth-order valence-corrected chi connectivity index (χ4v) is 2.56. The number of benzene rings is 1. The Kier molecular flexibility index (Phi) is 1.53. The molecule has 82 valence electrons. The standard InChI is InChI=1S/C12H12N2O2/c1-2-12-13-9-5-11-10(15-7-16-11)4-8(9)6-14(12)3-1/h4-5H,1-3,6-7H2. The van der Waals surface area contributed by atoms with Crippen LogP contribution >= 0.6 is 0 Å². The maximum Gasteiger partial charge on any atom is 0.231 e. The molecule has 0 aromatic heterocycles. The molecule has 1 aromatic carbocycles. The summed E-state index contributed by atoms with van der Waals surface area (Å²) in [4.78, 5) is 7.04. The largest absolute Gasteiger partial charge is 0.454 e. The SMILES string of the molecule is c1c2c(cc3c1OCO3)N=C1CCCN1C2. The molecule has 0 unspecified atom stereocenters. The molecule has 0 spiro atoms. The first-order valence-electron chi connectivity index (χ1n) is 5.65. The number of ether oxygens (including phenoxy) is 2. The summed E-state index contributed by atoms with van der Waals surface area (Å²) in [6.07, 6.45) is 2.33. The van der Waals surface area contributed by atoms with Crippen molar-refractivity contribution in [3.05, 3.63) is 17.7 Å². The molecule has 4 nitrogen and oxygen atoms in total. The molecule has 3 heterocycles. The van der Waals surface area contributed by atoms with Gasteiger partial charge in [-0.1, -0.05) is 0 Å². The molecule has 0 N–H and O–H groups in total. The maximum absolute atomic E-state index is 5.39. The van der Waals surface area contributed by atoms with Gasteiger partial charge in [0.15, 0.2) is 11.5 Å². The Morgan fingerprint density at radius 1 is 1.19 bits per heavy atom. The van der Waals surface area contributed by atoms with Gasteiger partial charge in [-0.3, -0.25) is 0 Å². The minimum Gasteiger partial charge on any atom is -0.454 e. The molecule has 0 radical (unpaired) electrons. The minimum absolute atomic E-state index is 0.332. The molecule has 0 amide bonds. The molecule has 4 rings (SSSR count). The predicted molar refractivity (Wildman–Crippen MR) is 59.3 cm³/mol. The van der Waals surface area contributed by atoms with Gasteiger partial charge in [0.25, 0.3) is 0 Å². The lowest BCUT2D eigenvalue weighted by Crippen LogP contribution is -2.26.